The number of nitrogens with zero attached hydrogens (tertiary/aromatic N) is 1. The Labute approximate surface area is 112 Å². The number of phenolic OH excluding ortho intramolecular Hbond substituents is 1. The zero-order chi connectivity index (χ0) is 12.3. The molecule has 2 nitrogen and oxygen atoms in total. The van der Waals surface area contributed by atoms with E-state index in [9.17, 15) is 5.11 Å². The van der Waals surface area contributed by atoms with E-state index in [-0.39, 0.29) is 0 Å². The minimum Gasteiger partial charge on any atom is -0.508 e. The fraction of sp³-hybridized carbons (Fsp3) is 0.571. The summed E-state index contributed by atoms with van der Waals surface area (Å²) in [7, 11) is 0. The summed E-state index contributed by atoms with van der Waals surface area (Å²) < 4.78 is 1.04. The van der Waals surface area contributed by atoms with E-state index in [0.29, 0.717) is 5.75 Å². The summed E-state index contributed by atoms with van der Waals surface area (Å²) in [4.78, 5) is 2.45. The van der Waals surface area contributed by atoms with Gasteiger partial charge in [-0.3, -0.25) is 4.90 Å². The van der Waals surface area contributed by atoms with E-state index in [1.165, 1.54) is 19.3 Å². The molecule has 1 atom stereocenters. The first-order chi connectivity index (χ1) is 8.15. The number of halogens is 1. The molecule has 0 saturated carbocycles. The fourth-order valence-corrected chi connectivity index (χ4v) is 2.81. The summed E-state index contributed by atoms with van der Waals surface area (Å²) in [6.45, 7) is 5.49. The van der Waals surface area contributed by atoms with Gasteiger partial charge in [0.15, 0.2) is 0 Å². The standard InChI is InChI=1S/C14H20BrNO/c1-11-3-2-7-16(8-6-11)10-12-9-13(15)4-5-14(12)17/h4-5,9,11,17H,2-3,6-8,10H2,1H3. The van der Waals surface area contributed by atoms with Crippen LogP contribution in [0, 0.1) is 5.92 Å². The first kappa shape index (κ1) is 12.9. The van der Waals surface area contributed by atoms with Gasteiger partial charge in [-0.2, -0.15) is 0 Å². The van der Waals surface area contributed by atoms with Gasteiger partial charge in [0.05, 0.1) is 0 Å². The molecule has 0 aliphatic carbocycles. The van der Waals surface area contributed by atoms with Crippen LogP contribution < -0.4 is 0 Å². The number of rotatable bonds is 2. The van der Waals surface area contributed by atoms with Crippen molar-refractivity contribution in [1.29, 1.82) is 0 Å². The highest BCUT2D eigenvalue weighted by atomic mass is 79.9. The molecule has 1 aromatic carbocycles. The highest BCUT2D eigenvalue weighted by Gasteiger charge is 2.15. The summed E-state index contributed by atoms with van der Waals surface area (Å²) in [5, 5.41) is 9.84. The van der Waals surface area contributed by atoms with Crippen molar-refractivity contribution in [3.8, 4) is 5.75 Å². The first-order valence-corrected chi connectivity index (χ1v) is 7.14. The molecule has 3 heteroatoms. The maximum Gasteiger partial charge on any atom is 0.120 e. The Balaban J connectivity index is 2.02. The van der Waals surface area contributed by atoms with Crippen molar-refractivity contribution in [3.63, 3.8) is 0 Å². The molecular formula is C14H20BrNO. The lowest BCUT2D eigenvalue weighted by molar-refractivity contribution is 0.269. The van der Waals surface area contributed by atoms with Gasteiger partial charge in [0.1, 0.15) is 5.75 Å². The van der Waals surface area contributed by atoms with Crippen molar-refractivity contribution >= 4 is 15.9 Å². The second kappa shape index (κ2) is 5.87. The van der Waals surface area contributed by atoms with Crippen molar-refractivity contribution in [2.75, 3.05) is 13.1 Å². The molecule has 94 valence electrons. The van der Waals surface area contributed by atoms with Crippen LogP contribution in [0.4, 0.5) is 0 Å². The van der Waals surface area contributed by atoms with Crippen LogP contribution in [0.5, 0.6) is 5.75 Å². The zero-order valence-corrected chi connectivity index (χ0v) is 11.9. The van der Waals surface area contributed by atoms with Gasteiger partial charge in [-0.25, -0.2) is 0 Å². The average Bonchev–Trinajstić information content (AvgIpc) is 2.49. The minimum atomic E-state index is 0.408. The van der Waals surface area contributed by atoms with Crippen molar-refractivity contribution in [2.45, 2.75) is 32.7 Å². The van der Waals surface area contributed by atoms with Crippen LogP contribution in [0.2, 0.25) is 0 Å². The van der Waals surface area contributed by atoms with Crippen molar-refractivity contribution in [1.82, 2.24) is 4.90 Å². The summed E-state index contributed by atoms with van der Waals surface area (Å²) in [5.41, 5.74) is 1.02. The molecule has 1 saturated heterocycles. The van der Waals surface area contributed by atoms with Crippen molar-refractivity contribution in [3.05, 3.63) is 28.2 Å². The van der Waals surface area contributed by atoms with E-state index in [1.54, 1.807) is 6.07 Å². The van der Waals surface area contributed by atoms with E-state index >= 15 is 0 Å². The Bertz CT molecular complexity index is 380. The van der Waals surface area contributed by atoms with Gasteiger partial charge < -0.3 is 5.11 Å². The van der Waals surface area contributed by atoms with Gasteiger partial charge in [-0.05, 0) is 56.5 Å². The molecule has 1 N–H and O–H groups in total. The Morgan fingerprint density at radius 3 is 3.00 bits per heavy atom. The lowest BCUT2D eigenvalue weighted by Crippen LogP contribution is -2.24. The molecule has 1 heterocycles. The van der Waals surface area contributed by atoms with Crippen LogP contribution >= 0.6 is 15.9 Å². The smallest absolute Gasteiger partial charge is 0.120 e. The van der Waals surface area contributed by atoms with E-state index in [0.717, 1.165) is 35.6 Å². The van der Waals surface area contributed by atoms with Gasteiger partial charge in [-0.1, -0.05) is 22.9 Å². The van der Waals surface area contributed by atoms with Crippen molar-refractivity contribution in [2.24, 2.45) is 5.92 Å². The minimum absolute atomic E-state index is 0.408. The second-order valence-corrected chi connectivity index (χ2v) is 6.00. The molecule has 1 aliphatic rings. The van der Waals surface area contributed by atoms with E-state index in [1.807, 2.05) is 12.1 Å². The molecular weight excluding hydrogens is 278 g/mol. The van der Waals surface area contributed by atoms with E-state index in [2.05, 4.69) is 27.8 Å². The van der Waals surface area contributed by atoms with Crippen LogP contribution in [-0.2, 0) is 6.54 Å². The third kappa shape index (κ3) is 3.71. The molecule has 0 spiro atoms. The third-order valence-electron chi connectivity index (χ3n) is 3.54. The maximum absolute atomic E-state index is 9.84. The van der Waals surface area contributed by atoms with E-state index in [4.69, 9.17) is 0 Å². The first-order valence-electron chi connectivity index (χ1n) is 6.35. The van der Waals surface area contributed by atoms with Crippen LogP contribution in [-0.4, -0.2) is 23.1 Å². The number of hydrogen-bond donors (Lipinski definition) is 1. The Morgan fingerprint density at radius 1 is 1.35 bits per heavy atom. The Morgan fingerprint density at radius 2 is 2.18 bits per heavy atom. The molecule has 0 bridgehead atoms. The number of likely N-dealkylation sites (tertiary alicyclic amines) is 1. The molecule has 1 fully saturated rings. The molecule has 2 rings (SSSR count). The molecule has 17 heavy (non-hydrogen) atoms. The van der Waals surface area contributed by atoms with Crippen molar-refractivity contribution < 1.29 is 5.11 Å². The highest BCUT2D eigenvalue weighted by molar-refractivity contribution is 9.10. The predicted octanol–water partition coefficient (Wildman–Crippen LogP) is 3.78. The van der Waals surface area contributed by atoms with Gasteiger partial charge in [0.25, 0.3) is 0 Å². The number of hydrogen-bond acceptors (Lipinski definition) is 2. The second-order valence-electron chi connectivity index (χ2n) is 5.09. The summed E-state index contributed by atoms with van der Waals surface area (Å²) in [6.07, 6.45) is 3.88. The van der Waals surface area contributed by atoms with Crippen LogP contribution in [0.15, 0.2) is 22.7 Å². The number of aromatic hydroxyl groups is 1. The lowest BCUT2D eigenvalue weighted by Gasteiger charge is -2.20. The van der Waals surface area contributed by atoms with Gasteiger partial charge in [0.2, 0.25) is 0 Å². The van der Waals surface area contributed by atoms with E-state index < -0.39 is 0 Å². The van der Waals surface area contributed by atoms with Gasteiger partial charge in [-0.15, -0.1) is 0 Å². The Kier molecular flexibility index (Phi) is 4.46. The largest absolute Gasteiger partial charge is 0.508 e. The molecule has 0 aromatic heterocycles. The van der Waals surface area contributed by atoms with Crippen LogP contribution in [0.25, 0.3) is 0 Å². The third-order valence-corrected chi connectivity index (χ3v) is 4.04. The SMILES string of the molecule is CC1CCCN(Cc2cc(Br)ccc2O)CC1. The molecule has 1 aliphatic heterocycles. The molecule has 0 radical (unpaired) electrons. The maximum atomic E-state index is 9.84. The molecule has 1 aromatic rings. The molecule has 1 unspecified atom stereocenters. The van der Waals surface area contributed by atoms with Crippen LogP contribution in [0.1, 0.15) is 31.7 Å². The topological polar surface area (TPSA) is 23.5 Å². The van der Waals surface area contributed by atoms with Crippen LogP contribution in [0.3, 0.4) is 0 Å². The quantitative estimate of drug-likeness (QED) is 0.898. The molecule has 0 amide bonds. The lowest BCUT2D eigenvalue weighted by atomic mass is 10.0. The predicted molar refractivity (Wildman–Crippen MR) is 74.1 cm³/mol. The average molecular weight is 298 g/mol. The summed E-state index contributed by atoms with van der Waals surface area (Å²) >= 11 is 3.46. The summed E-state index contributed by atoms with van der Waals surface area (Å²) in [6, 6.07) is 5.66. The fourth-order valence-electron chi connectivity index (χ4n) is 2.40. The number of phenols is 1. The normalized spacial score (nSPS) is 22.4. The van der Waals surface area contributed by atoms with Gasteiger partial charge in [0, 0.05) is 16.6 Å². The Hall–Kier alpha value is -0.540. The highest BCUT2D eigenvalue weighted by Crippen LogP contribution is 2.25. The number of benzene rings is 1. The van der Waals surface area contributed by atoms with Gasteiger partial charge >= 0.3 is 0 Å². The zero-order valence-electron chi connectivity index (χ0n) is 10.3. The monoisotopic (exact) mass is 297 g/mol. The summed E-state index contributed by atoms with van der Waals surface area (Å²) in [5.74, 6) is 1.25.